The first-order valence-corrected chi connectivity index (χ1v) is 5.71. The molecule has 0 aromatic heterocycles. The van der Waals surface area contributed by atoms with Gasteiger partial charge >= 0.3 is 5.97 Å². The Hall–Kier alpha value is -1.32. The minimum Gasteiger partial charge on any atom is -0.461 e. The Morgan fingerprint density at radius 2 is 2.12 bits per heavy atom. The van der Waals surface area contributed by atoms with Crippen LogP contribution in [0.2, 0.25) is 0 Å². The molecule has 1 aliphatic heterocycles. The number of allylic oxidation sites excluding steroid dienone is 1. The van der Waals surface area contributed by atoms with E-state index >= 15 is 0 Å². The Balaban J connectivity index is 2.44. The van der Waals surface area contributed by atoms with Crippen LogP contribution in [-0.4, -0.2) is 24.0 Å². The molecule has 0 radical (unpaired) electrons. The van der Waals surface area contributed by atoms with Gasteiger partial charge in [0.15, 0.2) is 0 Å². The van der Waals surface area contributed by atoms with Crippen molar-refractivity contribution in [2.75, 3.05) is 0 Å². The third kappa shape index (κ3) is 3.08. The van der Waals surface area contributed by atoms with E-state index in [0.29, 0.717) is 6.42 Å². The maximum Gasteiger partial charge on any atom is 0.329 e. The van der Waals surface area contributed by atoms with E-state index in [9.17, 15) is 9.59 Å². The van der Waals surface area contributed by atoms with Crippen LogP contribution in [0.1, 0.15) is 33.6 Å². The van der Waals surface area contributed by atoms with Crippen molar-refractivity contribution < 1.29 is 14.3 Å². The Morgan fingerprint density at radius 3 is 2.62 bits per heavy atom. The molecule has 0 aliphatic carbocycles. The van der Waals surface area contributed by atoms with Crippen molar-refractivity contribution in [3.05, 3.63) is 12.2 Å². The van der Waals surface area contributed by atoms with E-state index < -0.39 is 6.04 Å². The molecular weight excluding hydrogens is 206 g/mol. The van der Waals surface area contributed by atoms with Gasteiger partial charge in [-0.3, -0.25) is 4.79 Å². The van der Waals surface area contributed by atoms with E-state index in [2.05, 4.69) is 5.32 Å². The second-order valence-corrected chi connectivity index (χ2v) is 4.13. The first-order chi connectivity index (χ1) is 7.56. The van der Waals surface area contributed by atoms with Crippen molar-refractivity contribution in [3.63, 3.8) is 0 Å². The molecule has 16 heavy (non-hydrogen) atoms. The highest BCUT2D eigenvalue weighted by Crippen LogP contribution is 2.21. The highest BCUT2D eigenvalue weighted by Gasteiger charge is 2.39. The lowest BCUT2D eigenvalue weighted by Crippen LogP contribution is -2.41. The van der Waals surface area contributed by atoms with Crippen LogP contribution in [0.5, 0.6) is 0 Å². The van der Waals surface area contributed by atoms with E-state index in [-0.39, 0.29) is 23.9 Å². The van der Waals surface area contributed by atoms with Crippen LogP contribution >= 0.6 is 0 Å². The van der Waals surface area contributed by atoms with E-state index in [0.717, 1.165) is 6.42 Å². The molecule has 3 atom stereocenters. The minimum absolute atomic E-state index is 0.0339. The lowest BCUT2D eigenvalue weighted by atomic mass is 10.00. The van der Waals surface area contributed by atoms with Gasteiger partial charge in [-0.1, -0.05) is 26.0 Å². The molecule has 1 amide bonds. The molecule has 1 heterocycles. The fourth-order valence-electron chi connectivity index (χ4n) is 1.63. The summed E-state index contributed by atoms with van der Waals surface area (Å²) in [5.41, 5.74) is 0. The lowest BCUT2D eigenvalue weighted by molar-refractivity contribution is -0.143. The number of carbonyl (C=O) groups is 2. The molecular formula is C12H19NO3. The number of carbonyl (C=O) groups excluding carboxylic acids is 2. The van der Waals surface area contributed by atoms with Gasteiger partial charge in [-0.25, -0.2) is 4.79 Å². The second-order valence-electron chi connectivity index (χ2n) is 4.13. The van der Waals surface area contributed by atoms with Crippen LogP contribution in [0.15, 0.2) is 12.2 Å². The van der Waals surface area contributed by atoms with Crippen LogP contribution in [0.3, 0.4) is 0 Å². The fourth-order valence-corrected chi connectivity index (χ4v) is 1.63. The number of cyclic esters (lactones) is 1. The van der Waals surface area contributed by atoms with Crippen molar-refractivity contribution in [1.29, 1.82) is 0 Å². The first kappa shape index (κ1) is 12.7. The molecule has 1 rings (SSSR count). The number of rotatable bonds is 4. The van der Waals surface area contributed by atoms with Gasteiger partial charge in [-0.2, -0.15) is 0 Å². The summed E-state index contributed by atoms with van der Waals surface area (Å²) in [6, 6.07) is -0.488. The van der Waals surface area contributed by atoms with Crippen molar-refractivity contribution in [2.24, 2.45) is 5.92 Å². The largest absolute Gasteiger partial charge is 0.461 e. The van der Waals surface area contributed by atoms with Gasteiger partial charge in [0.1, 0.15) is 12.1 Å². The van der Waals surface area contributed by atoms with Gasteiger partial charge in [-0.15, -0.1) is 0 Å². The predicted octanol–water partition coefficient (Wildman–Crippen LogP) is 1.41. The third-order valence-corrected chi connectivity index (χ3v) is 2.84. The van der Waals surface area contributed by atoms with Crippen LogP contribution in [-0.2, 0) is 14.3 Å². The molecule has 0 unspecified atom stereocenters. The Kier molecular flexibility index (Phi) is 4.52. The number of hydrogen-bond donors (Lipinski definition) is 1. The molecule has 4 heteroatoms. The summed E-state index contributed by atoms with van der Waals surface area (Å²) in [5, 5.41) is 2.70. The molecule has 1 fully saturated rings. The normalized spacial score (nSPS) is 29.4. The van der Waals surface area contributed by atoms with Gasteiger partial charge in [0, 0.05) is 12.3 Å². The maximum atomic E-state index is 11.5. The Morgan fingerprint density at radius 1 is 1.44 bits per heavy atom. The summed E-state index contributed by atoms with van der Waals surface area (Å²) in [6.45, 7) is 5.75. The van der Waals surface area contributed by atoms with Crippen LogP contribution in [0.4, 0.5) is 0 Å². The highest BCUT2D eigenvalue weighted by atomic mass is 16.6. The van der Waals surface area contributed by atoms with Gasteiger partial charge in [0.05, 0.1) is 0 Å². The van der Waals surface area contributed by atoms with Crippen molar-refractivity contribution in [3.8, 4) is 0 Å². The Bertz CT molecular complexity index is 299. The SMILES string of the molecule is CC/C=C/CC(=O)N[C@@H]1C(=O)O[C@@H](C)[C@@H]1C. The van der Waals surface area contributed by atoms with Gasteiger partial charge in [0.25, 0.3) is 0 Å². The molecule has 1 N–H and O–H groups in total. The predicted molar refractivity (Wildman–Crippen MR) is 60.7 cm³/mol. The topological polar surface area (TPSA) is 55.4 Å². The standard InChI is InChI=1S/C12H19NO3/c1-4-5-6-7-10(14)13-11-8(2)9(3)16-12(11)15/h5-6,8-9,11H,4,7H2,1-3H3,(H,13,14)/b6-5+/t8-,9-,11-/m0/s1. The van der Waals surface area contributed by atoms with Gasteiger partial charge < -0.3 is 10.1 Å². The van der Waals surface area contributed by atoms with E-state index in [4.69, 9.17) is 4.74 Å². The number of ether oxygens (including phenoxy) is 1. The average Bonchev–Trinajstić information content (AvgIpc) is 2.46. The number of amides is 1. The quantitative estimate of drug-likeness (QED) is 0.581. The number of nitrogens with one attached hydrogen (secondary N) is 1. The molecule has 90 valence electrons. The van der Waals surface area contributed by atoms with Gasteiger partial charge in [-0.05, 0) is 13.3 Å². The molecule has 0 bridgehead atoms. The summed E-state index contributed by atoms with van der Waals surface area (Å²) < 4.78 is 5.04. The summed E-state index contributed by atoms with van der Waals surface area (Å²) in [4.78, 5) is 22.9. The molecule has 0 aromatic carbocycles. The summed E-state index contributed by atoms with van der Waals surface area (Å²) >= 11 is 0. The van der Waals surface area contributed by atoms with Crippen LogP contribution in [0.25, 0.3) is 0 Å². The first-order valence-electron chi connectivity index (χ1n) is 5.71. The zero-order chi connectivity index (χ0) is 12.1. The second kappa shape index (κ2) is 5.68. The molecule has 4 nitrogen and oxygen atoms in total. The monoisotopic (exact) mass is 225 g/mol. The molecule has 1 saturated heterocycles. The lowest BCUT2D eigenvalue weighted by Gasteiger charge is -2.13. The minimum atomic E-state index is -0.488. The van der Waals surface area contributed by atoms with Crippen LogP contribution < -0.4 is 5.32 Å². The van der Waals surface area contributed by atoms with Crippen LogP contribution in [0, 0.1) is 5.92 Å². The van der Waals surface area contributed by atoms with E-state index in [1.54, 1.807) is 0 Å². The molecule has 0 saturated carbocycles. The zero-order valence-corrected chi connectivity index (χ0v) is 10.0. The Labute approximate surface area is 96.0 Å². The van der Waals surface area contributed by atoms with Crippen molar-refractivity contribution >= 4 is 11.9 Å². The summed E-state index contributed by atoms with van der Waals surface area (Å²) in [7, 11) is 0. The summed E-state index contributed by atoms with van der Waals surface area (Å²) in [6.07, 6.45) is 4.84. The van der Waals surface area contributed by atoms with E-state index in [1.165, 1.54) is 0 Å². The highest BCUT2D eigenvalue weighted by molar-refractivity contribution is 5.86. The van der Waals surface area contributed by atoms with E-state index in [1.807, 2.05) is 32.9 Å². The molecule has 0 aromatic rings. The van der Waals surface area contributed by atoms with Crippen molar-refractivity contribution in [1.82, 2.24) is 5.32 Å². The average molecular weight is 225 g/mol. The fraction of sp³-hybridized carbons (Fsp3) is 0.667. The maximum absolute atomic E-state index is 11.5. The zero-order valence-electron chi connectivity index (χ0n) is 10.0. The molecule has 0 spiro atoms. The number of esters is 1. The smallest absolute Gasteiger partial charge is 0.329 e. The molecule has 1 aliphatic rings. The summed E-state index contributed by atoms with van der Waals surface area (Å²) in [5.74, 6) is -0.424. The van der Waals surface area contributed by atoms with Gasteiger partial charge in [0.2, 0.25) is 5.91 Å². The third-order valence-electron chi connectivity index (χ3n) is 2.84. The number of hydrogen-bond acceptors (Lipinski definition) is 3. The van der Waals surface area contributed by atoms with Crippen molar-refractivity contribution in [2.45, 2.75) is 45.8 Å².